The molecular weight excluding hydrogens is 204 g/mol. The number of rotatable bonds is 5. The molecule has 0 bridgehead atoms. The minimum Gasteiger partial charge on any atom is -0.481 e. The predicted octanol–water partition coefficient (Wildman–Crippen LogP) is 1.12. The van der Waals surface area contributed by atoms with Gasteiger partial charge in [-0.1, -0.05) is 13.8 Å². The van der Waals surface area contributed by atoms with Crippen LogP contribution in [0.15, 0.2) is 0 Å². The smallest absolute Gasteiger partial charge is 0.303 e. The first-order valence-corrected chi connectivity index (χ1v) is 6.13. The zero-order chi connectivity index (χ0) is 12.1. The lowest BCUT2D eigenvalue weighted by atomic mass is 10.0. The lowest BCUT2D eigenvalue weighted by Gasteiger charge is -2.40. The normalized spacial score (nSPS) is 23.9. The summed E-state index contributed by atoms with van der Waals surface area (Å²) >= 11 is 0. The molecule has 0 aromatic heterocycles. The average molecular weight is 228 g/mol. The van der Waals surface area contributed by atoms with E-state index in [2.05, 4.69) is 30.7 Å². The molecule has 0 aromatic rings. The Morgan fingerprint density at radius 1 is 1.44 bits per heavy atom. The summed E-state index contributed by atoms with van der Waals surface area (Å²) in [6, 6.07) is 0.414. The maximum atomic E-state index is 10.6. The SMILES string of the molecule is CC(C)CN1CCN(C)CC1CCC(=O)O. The van der Waals surface area contributed by atoms with Crippen molar-refractivity contribution in [2.45, 2.75) is 32.7 Å². The van der Waals surface area contributed by atoms with Crippen LogP contribution < -0.4 is 0 Å². The van der Waals surface area contributed by atoms with Gasteiger partial charge in [-0.05, 0) is 19.4 Å². The Bertz CT molecular complexity index is 231. The summed E-state index contributed by atoms with van der Waals surface area (Å²) in [6.45, 7) is 8.67. The summed E-state index contributed by atoms with van der Waals surface area (Å²) in [5.41, 5.74) is 0. The highest BCUT2D eigenvalue weighted by Crippen LogP contribution is 2.15. The number of nitrogens with zero attached hydrogens (tertiary/aromatic N) is 2. The minimum atomic E-state index is -0.683. The van der Waals surface area contributed by atoms with E-state index in [0.29, 0.717) is 12.0 Å². The Kier molecular flexibility index (Phi) is 5.22. The molecule has 1 aliphatic heterocycles. The van der Waals surface area contributed by atoms with Crippen LogP contribution in [0.2, 0.25) is 0 Å². The second-order valence-electron chi connectivity index (χ2n) is 5.24. The molecule has 1 aliphatic rings. The molecule has 1 atom stereocenters. The van der Waals surface area contributed by atoms with Gasteiger partial charge in [0.15, 0.2) is 0 Å². The van der Waals surface area contributed by atoms with Crippen LogP contribution in [0.25, 0.3) is 0 Å². The fourth-order valence-electron chi connectivity index (χ4n) is 2.32. The fourth-order valence-corrected chi connectivity index (χ4v) is 2.32. The van der Waals surface area contributed by atoms with Crippen molar-refractivity contribution >= 4 is 5.97 Å². The molecule has 1 saturated heterocycles. The molecule has 94 valence electrons. The first-order chi connectivity index (χ1) is 7.49. The Hall–Kier alpha value is -0.610. The minimum absolute atomic E-state index is 0.285. The van der Waals surface area contributed by atoms with Gasteiger partial charge in [0.2, 0.25) is 0 Å². The maximum absolute atomic E-state index is 10.6. The number of piperazine rings is 1. The molecular formula is C12H24N2O2. The molecule has 1 unspecified atom stereocenters. The van der Waals surface area contributed by atoms with E-state index in [-0.39, 0.29) is 6.42 Å². The van der Waals surface area contributed by atoms with Gasteiger partial charge in [0.1, 0.15) is 0 Å². The maximum Gasteiger partial charge on any atom is 0.303 e. The van der Waals surface area contributed by atoms with E-state index in [1.165, 1.54) is 0 Å². The highest BCUT2D eigenvalue weighted by molar-refractivity contribution is 5.66. The second kappa shape index (κ2) is 6.21. The number of carboxylic acids is 1. The molecule has 0 aromatic carbocycles. The largest absolute Gasteiger partial charge is 0.481 e. The third-order valence-corrected chi connectivity index (χ3v) is 3.10. The highest BCUT2D eigenvalue weighted by atomic mass is 16.4. The first kappa shape index (κ1) is 13.5. The molecule has 0 amide bonds. The van der Waals surface area contributed by atoms with Crippen molar-refractivity contribution in [2.24, 2.45) is 5.92 Å². The van der Waals surface area contributed by atoms with E-state index in [4.69, 9.17) is 5.11 Å². The van der Waals surface area contributed by atoms with Gasteiger partial charge < -0.3 is 10.0 Å². The van der Waals surface area contributed by atoms with Gasteiger partial charge in [0.25, 0.3) is 0 Å². The Labute approximate surface area is 98.2 Å². The van der Waals surface area contributed by atoms with E-state index < -0.39 is 5.97 Å². The number of hydrogen-bond acceptors (Lipinski definition) is 3. The van der Waals surface area contributed by atoms with Gasteiger partial charge >= 0.3 is 5.97 Å². The lowest BCUT2D eigenvalue weighted by Crippen LogP contribution is -2.52. The van der Waals surface area contributed by atoms with Gasteiger partial charge in [0.05, 0.1) is 0 Å². The molecule has 1 fully saturated rings. The van der Waals surface area contributed by atoms with E-state index in [0.717, 1.165) is 32.6 Å². The molecule has 0 spiro atoms. The van der Waals surface area contributed by atoms with Crippen LogP contribution >= 0.6 is 0 Å². The molecule has 0 saturated carbocycles. The number of hydrogen-bond donors (Lipinski definition) is 1. The van der Waals surface area contributed by atoms with Crippen molar-refractivity contribution in [3.8, 4) is 0 Å². The van der Waals surface area contributed by atoms with Crippen LogP contribution in [-0.2, 0) is 4.79 Å². The highest BCUT2D eigenvalue weighted by Gasteiger charge is 2.25. The zero-order valence-electron chi connectivity index (χ0n) is 10.6. The number of carboxylic acid groups (broad SMARTS) is 1. The van der Waals surface area contributed by atoms with Crippen LogP contribution in [0.1, 0.15) is 26.7 Å². The van der Waals surface area contributed by atoms with Crippen molar-refractivity contribution < 1.29 is 9.90 Å². The summed E-state index contributed by atoms with van der Waals surface area (Å²) < 4.78 is 0. The van der Waals surface area contributed by atoms with Gasteiger partial charge in [-0.25, -0.2) is 0 Å². The van der Waals surface area contributed by atoms with Crippen LogP contribution in [0.4, 0.5) is 0 Å². The number of aliphatic carboxylic acids is 1. The van der Waals surface area contributed by atoms with Crippen molar-refractivity contribution in [3.63, 3.8) is 0 Å². The summed E-state index contributed by atoms with van der Waals surface area (Å²) in [5, 5.41) is 8.75. The summed E-state index contributed by atoms with van der Waals surface area (Å²) in [5.74, 6) is -0.0338. The van der Waals surface area contributed by atoms with Gasteiger partial charge in [-0.3, -0.25) is 9.69 Å². The van der Waals surface area contributed by atoms with Gasteiger partial charge in [0, 0.05) is 38.6 Å². The van der Waals surface area contributed by atoms with Gasteiger partial charge in [-0.15, -0.1) is 0 Å². The summed E-state index contributed by atoms with van der Waals surface area (Å²) in [4.78, 5) is 15.4. The Balaban J connectivity index is 2.47. The van der Waals surface area contributed by atoms with E-state index in [9.17, 15) is 4.79 Å². The van der Waals surface area contributed by atoms with Crippen molar-refractivity contribution in [1.29, 1.82) is 0 Å². The van der Waals surface area contributed by atoms with E-state index in [1.807, 2.05) is 0 Å². The quantitative estimate of drug-likeness (QED) is 0.766. The van der Waals surface area contributed by atoms with Crippen LogP contribution in [0.3, 0.4) is 0 Å². The van der Waals surface area contributed by atoms with Crippen LogP contribution in [-0.4, -0.2) is 60.1 Å². The summed E-state index contributed by atoms with van der Waals surface area (Å²) in [6.07, 6.45) is 1.06. The number of likely N-dealkylation sites (N-methyl/N-ethyl adjacent to an activating group) is 1. The zero-order valence-corrected chi connectivity index (χ0v) is 10.6. The molecule has 1 rings (SSSR count). The molecule has 1 N–H and O–H groups in total. The molecule has 0 aliphatic carbocycles. The first-order valence-electron chi connectivity index (χ1n) is 6.13. The van der Waals surface area contributed by atoms with Crippen molar-refractivity contribution in [2.75, 3.05) is 33.2 Å². The second-order valence-corrected chi connectivity index (χ2v) is 5.24. The Morgan fingerprint density at radius 2 is 2.12 bits per heavy atom. The van der Waals surface area contributed by atoms with Crippen molar-refractivity contribution in [3.05, 3.63) is 0 Å². The molecule has 16 heavy (non-hydrogen) atoms. The van der Waals surface area contributed by atoms with Crippen LogP contribution in [0.5, 0.6) is 0 Å². The standard InChI is InChI=1S/C12H24N2O2/c1-10(2)8-14-7-6-13(3)9-11(14)4-5-12(15)16/h10-11H,4-9H2,1-3H3,(H,15,16). The fraction of sp³-hybridized carbons (Fsp3) is 0.917. The van der Waals surface area contributed by atoms with Crippen LogP contribution in [0, 0.1) is 5.92 Å². The molecule has 4 heteroatoms. The summed E-state index contributed by atoms with van der Waals surface area (Å²) in [7, 11) is 2.11. The predicted molar refractivity (Wildman–Crippen MR) is 64.6 cm³/mol. The molecule has 4 nitrogen and oxygen atoms in total. The number of carbonyl (C=O) groups is 1. The Morgan fingerprint density at radius 3 is 2.69 bits per heavy atom. The third-order valence-electron chi connectivity index (χ3n) is 3.10. The lowest BCUT2D eigenvalue weighted by molar-refractivity contribution is -0.137. The molecule has 1 heterocycles. The third kappa shape index (κ3) is 4.49. The molecule has 0 radical (unpaired) electrons. The van der Waals surface area contributed by atoms with E-state index in [1.54, 1.807) is 0 Å². The average Bonchev–Trinajstić information content (AvgIpc) is 2.17. The monoisotopic (exact) mass is 228 g/mol. The van der Waals surface area contributed by atoms with Crippen molar-refractivity contribution in [1.82, 2.24) is 9.80 Å². The van der Waals surface area contributed by atoms with E-state index >= 15 is 0 Å². The topological polar surface area (TPSA) is 43.8 Å². The van der Waals surface area contributed by atoms with Gasteiger partial charge in [-0.2, -0.15) is 0 Å².